The van der Waals surface area contributed by atoms with Gasteiger partial charge in [0.2, 0.25) is 0 Å². The number of aromatic nitrogens is 2. The smallest absolute Gasteiger partial charge is 0.123 e. The van der Waals surface area contributed by atoms with E-state index >= 15 is 0 Å². The highest BCUT2D eigenvalue weighted by atomic mass is 32.1. The lowest BCUT2D eigenvalue weighted by molar-refractivity contribution is 0.483. The maximum atomic E-state index is 4.43. The third kappa shape index (κ3) is 3.51. The van der Waals surface area contributed by atoms with E-state index in [1.165, 1.54) is 35.7 Å². The molecule has 1 fully saturated rings. The Hall–Kier alpha value is -0.480. The van der Waals surface area contributed by atoms with Crippen molar-refractivity contribution in [1.82, 2.24) is 15.5 Å². The fourth-order valence-corrected chi connectivity index (χ4v) is 3.68. The zero-order valence-electron chi connectivity index (χ0n) is 11.8. The summed E-state index contributed by atoms with van der Waals surface area (Å²) in [4.78, 5) is 0. The third-order valence-corrected chi connectivity index (χ3v) is 5.10. The van der Waals surface area contributed by atoms with Gasteiger partial charge in [0.05, 0.1) is 0 Å². The lowest BCUT2D eigenvalue weighted by atomic mass is 9.90. The molecule has 0 atom stereocenters. The third-order valence-electron chi connectivity index (χ3n) is 3.81. The molecule has 1 aliphatic carbocycles. The monoisotopic (exact) mass is 267 g/mol. The van der Waals surface area contributed by atoms with E-state index in [9.17, 15) is 0 Å². The van der Waals surface area contributed by atoms with Crippen LogP contribution >= 0.6 is 11.3 Å². The molecular weight excluding hydrogens is 242 g/mol. The van der Waals surface area contributed by atoms with E-state index < -0.39 is 0 Å². The van der Waals surface area contributed by atoms with Crippen LogP contribution < -0.4 is 5.32 Å². The summed E-state index contributed by atoms with van der Waals surface area (Å²) in [5, 5.41) is 14.7. The average molecular weight is 267 g/mol. The number of nitrogens with one attached hydrogen (secondary N) is 1. The quantitative estimate of drug-likeness (QED) is 0.804. The first-order valence-corrected chi connectivity index (χ1v) is 7.98. The summed E-state index contributed by atoms with van der Waals surface area (Å²) in [6, 6.07) is 0.576. The summed E-state index contributed by atoms with van der Waals surface area (Å²) in [6.07, 6.45) is 7.50. The fourth-order valence-electron chi connectivity index (χ4n) is 2.60. The van der Waals surface area contributed by atoms with Gasteiger partial charge in [-0.05, 0) is 25.8 Å². The van der Waals surface area contributed by atoms with Crippen LogP contribution in [0, 0.1) is 0 Å². The molecule has 1 N–H and O–H groups in total. The molecule has 3 nitrogen and oxygen atoms in total. The highest BCUT2D eigenvalue weighted by Crippen LogP contribution is 2.41. The molecule has 1 heterocycles. The van der Waals surface area contributed by atoms with Crippen LogP contribution in [0.1, 0.15) is 62.9 Å². The van der Waals surface area contributed by atoms with Crippen LogP contribution in [0.3, 0.4) is 0 Å². The maximum absolute atomic E-state index is 4.43. The van der Waals surface area contributed by atoms with Crippen LogP contribution in [-0.2, 0) is 11.8 Å². The molecule has 4 heteroatoms. The van der Waals surface area contributed by atoms with Gasteiger partial charge in [0.15, 0.2) is 0 Å². The van der Waals surface area contributed by atoms with Crippen molar-refractivity contribution < 1.29 is 0 Å². The van der Waals surface area contributed by atoms with Gasteiger partial charge >= 0.3 is 0 Å². The van der Waals surface area contributed by atoms with Crippen LogP contribution in [0.15, 0.2) is 0 Å². The minimum absolute atomic E-state index is 0.325. The first-order chi connectivity index (χ1) is 8.60. The van der Waals surface area contributed by atoms with E-state index in [-0.39, 0.29) is 0 Å². The fraction of sp³-hybridized carbons (Fsp3) is 0.857. The number of aryl methyl sites for hydroxylation is 1. The molecule has 0 aliphatic heterocycles. The first kappa shape index (κ1) is 13.9. The van der Waals surface area contributed by atoms with Crippen molar-refractivity contribution in [3.05, 3.63) is 10.0 Å². The minimum Gasteiger partial charge on any atom is -0.315 e. The van der Waals surface area contributed by atoms with Crippen LogP contribution in [0.4, 0.5) is 0 Å². The zero-order valence-corrected chi connectivity index (χ0v) is 12.6. The lowest BCUT2D eigenvalue weighted by Crippen LogP contribution is -2.23. The summed E-state index contributed by atoms with van der Waals surface area (Å²) in [7, 11) is 0. The average Bonchev–Trinajstić information content (AvgIpc) is 2.94. The zero-order chi connectivity index (χ0) is 13.0. The van der Waals surface area contributed by atoms with Crippen molar-refractivity contribution >= 4 is 11.3 Å². The SMILES string of the molecule is CC(C)NCCCc1nnc(C2(C)CCCC2)s1. The van der Waals surface area contributed by atoms with Crippen molar-refractivity contribution in [1.29, 1.82) is 0 Å². The highest BCUT2D eigenvalue weighted by molar-refractivity contribution is 7.11. The molecule has 102 valence electrons. The Bertz CT molecular complexity index is 367. The van der Waals surface area contributed by atoms with E-state index in [0.29, 0.717) is 11.5 Å². The van der Waals surface area contributed by atoms with Gasteiger partial charge in [-0.1, -0.05) is 33.6 Å². The van der Waals surface area contributed by atoms with Crippen molar-refractivity contribution in [3.8, 4) is 0 Å². The lowest BCUT2D eigenvalue weighted by Gasteiger charge is -2.18. The molecule has 1 aromatic heterocycles. The number of rotatable bonds is 6. The number of nitrogens with zero attached hydrogens (tertiary/aromatic N) is 2. The Balaban J connectivity index is 1.83. The van der Waals surface area contributed by atoms with Crippen molar-refractivity contribution in [2.24, 2.45) is 0 Å². The molecular formula is C14H25N3S. The number of hydrogen-bond acceptors (Lipinski definition) is 4. The van der Waals surface area contributed by atoms with E-state index in [2.05, 4.69) is 36.3 Å². The standard InChI is InChI=1S/C14H25N3S/c1-11(2)15-10-6-7-12-16-17-13(18-12)14(3)8-4-5-9-14/h11,15H,4-10H2,1-3H3. The second-order valence-corrected chi connectivity index (χ2v) is 7.04. The maximum Gasteiger partial charge on any atom is 0.123 e. The second kappa shape index (κ2) is 6.11. The molecule has 0 amide bonds. The summed E-state index contributed by atoms with van der Waals surface area (Å²) in [5.41, 5.74) is 0.325. The Kier molecular flexibility index (Phi) is 4.73. The van der Waals surface area contributed by atoms with Crippen molar-refractivity contribution in [2.75, 3.05) is 6.54 Å². The molecule has 0 radical (unpaired) electrons. The van der Waals surface area contributed by atoms with Crippen LogP contribution in [0.2, 0.25) is 0 Å². The van der Waals surface area contributed by atoms with E-state index in [1.54, 1.807) is 0 Å². The van der Waals surface area contributed by atoms with Gasteiger partial charge in [0.1, 0.15) is 10.0 Å². The summed E-state index contributed by atoms with van der Waals surface area (Å²) in [6.45, 7) is 7.79. The largest absolute Gasteiger partial charge is 0.315 e. The van der Waals surface area contributed by atoms with Crippen LogP contribution in [0.5, 0.6) is 0 Å². The summed E-state index contributed by atoms with van der Waals surface area (Å²) >= 11 is 1.84. The molecule has 1 aliphatic rings. The van der Waals surface area contributed by atoms with Gasteiger partial charge in [-0.25, -0.2) is 0 Å². The van der Waals surface area contributed by atoms with Gasteiger partial charge < -0.3 is 5.32 Å². The Morgan fingerprint density at radius 1 is 1.28 bits per heavy atom. The Labute approximate surface area is 114 Å². The second-order valence-electron chi connectivity index (χ2n) is 5.98. The van der Waals surface area contributed by atoms with Gasteiger partial charge in [-0.3, -0.25) is 0 Å². The first-order valence-electron chi connectivity index (χ1n) is 7.16. The molecule has 0 unspecified atom stereocenters. The van der Waals surface area contributed by atoms with Crippen molar-refractivity contribution in [2.45, 2.75) is 70.8 Å². The van der Waals surface area contributed by atoms with Gasteiger partial charge in [0, 0.05) is 17.9 Å². The Morgan fingerprint density at radius 3 is 2.67 bits per heavy atom. The van der Waals surface area contributed by atoms with E-state index in [4.69, 9.17) is 0 Å². The van der Waals surface area contributed by atoms with Gasteiger partial charge in [-0.15, -0.1) is 21.5 Å². The van der Waals surface area contributed by atoms with Gasteiger partial charge in [-0.2, -0.15) is 0 Å². The highest BCUT2D eigenvalue weighted by Gasteiger charge is 2.33. The normalized spacial score (nSPS) is 18.7. The molecule has 0 saturated heterocycles. The predicted molar refractivity (Wildman–Crippen MR) is 77.2 cm³/mol. The van der Waals surface area contributed by atoms with E-state index in [1.807, 2.05) is 11.3 Å². The number of hydrogen-bond donors (Lipinski definition) is 1. The van der Waals surface area contributed by atoms with E-state index in [0.717, 1.165) is 19.4 Å². The molecule has 2 rings (SSSR count). The predicted octanol–water partition coefficient (Wildman–Crippen LogP) is 3.30. The minimum atomic E-state index is 0.325. The summed E-state index contributed by atoms with van der Waals surface area (Å²) in [5.74, 6) is 0. The van der Waals surface area contributed by atoms with Crippen LogP contribution in [-0.4, -0.2) is 22.8 Å². The van der Waals surface area contributed by atoms with Crippen molar-refractivity contribution in [3.63, 3.8) is 0 Å². The summed E-state index contributed by atoms with van der Waals surface area (Å²) < 4.78 is 0. The molecule has 1 aromatic rings. The van der Waals surface area contributed by atoms with Gasteiger partial charge in [0.25, 0.3) is 0 Å². The molecule has 0 spiro atoms. The van der Waals surface area contributed by atoms with Crippen LogP contribution in [0.25, 0.3) is 0 Å². The molecule has 1 saturated carbocycles. The Morgan fingerprint density at radius 2 is 2.00 bits per heavy atom. The molecule has 0 bridgehead atoms. The topological polar surface area (TPSA) is 37.8 Å². The molecule has 0 aromatic carbocycles. The molecule has 18 heavy (non-hydrogen) atoms.